The Morgan fingerprint density at radius 3 is 2.83 bits per heavy atom. The summed E-state index contributed by atoms with van der Waals surface area (Å²) < 4.78 is 12.8. The number of ether oxygens (including phenoxy) is 2. The van der Waals surface area contributed by atoms with Gasteiger partial charge in [-0.1, -0.05) is 43.1 Å². The molecule has 1 N–H and O–H groups in total. The monoisotopic (exact) mass is 413 g/mol. The molecule has 7 heteroatoms. The van der Waals surface area contributed by atoms with Crippen molar-refractivity contribution in [2.45, 2.75) is 26.3 Å². The van der Waals surface area contributed by atoms with E-state index in [1.807, 2.05) is 24.3 Å². The summed E-state index contributed by atoms with van der Waals surface area (Å²) in [5.41, 5.74) is 1.94. The van der Waals surface area contributed by atoms with Gasteiger partial charge in [-0.15, -0.1) is 0 Å². The van der Waals surface area contributed by atoms with Gasteiger partial charge >= 0.3 is 0 Å². The zero-order chi connectivity index (χ0) is 20.6. The van der Waals surface area contributed by atoms with E-state index in [1.54, 1.807) is 36.2 Å². The van der Waals surface area contributed by atoms with Gasteiger partial charge < -0.3 is 14.8 Å². The molecule has 0 saturated carbocycles. The molecule has 1 aromatic heterocycles. The van der Waals surface area contributed by atoms with Crippen molar-refractivity contribution in [3.05, 3.63) is 71.0 Å². The van der Waals surface area contributed by atoms with Gasteiger partial charge in [-0.2, -0.15) is 5.10 Å². The molecule has 0 spiro atoms. The summed E-state index contributed by atoms with van der Waals surface area (Å²) in [4.78, 5) is 12.7. The fourth-order valence-corrected chi connectivity index (χ4v) is 2.94. The van der Waals surface area contributed by atoms with Crippen LogP contribution in [0.2, 0.25) is 5.02 Å². The van der Waals surface area contributed by atoms with Crippen molar-refractivity contribution < 1.29 is 14.3 Å². The van der Waals surface area contributed by atoms with E-state index < -0.39 is 0 Å². The molecule has 2 aromatic carbocycles. The molecule has 3 rings (SSSR count). The summed E-state index contributed by atoms with van der Waals surface area (Å²) in [6.45, 7) is 3.17. The number of carbonyl (C=O) groups is 1. The van der Waals surface area contributed by atoms with Crippen molar-refractivity contribution in [3.8, 4) is 11.5 Å². The number of aromatic nitrogens is 2. The largest absolute Gasteiger partial charge is 0.497 e. The lowest BCUT2D eigenvalue weighted by Crippen LogP contribution is -2.13. The van der Waals surface area contributed by atoms with Crippen LogP contribution in [-0.2, 0) is 6.54 Å². The second-order valence-electron chi connectivity index (χ2n) is 6.54. The van der Waals surface area contributed by atoms with Crippen LogP contribution in [0.25, 0.3) is 0 Å². The van der Waals surface area contributed by atoms with Crippen molar-refractivity contribution in [1.29, 1.82) is 0 Å². The maximum atomic E-state index is 12.7. The van der Waals surface area contributed by atoms with Gasteiger partial charge in [0.05, 0.1) is 37.7 Å². The molecule has 0 fully saturated rings. The summed E-state index contributed by atoms with van der Waals surface area (Å²) in [6.07, 6.45) is 5.19. The Balaban J connectivity index is 1.73. The molecule has 0 aliphatic rings. The highest BCUT2D eigenvalue weighted by Gasteiger charge is 2.14. The summed E-state index contributed by atoms with van der Waals surface area (Å²) >= 11 is 6.20. The van der Waals surface area contributed by atoms with Crippen LogP contribution in [0.5, 0.6) is 11.5 Å². The fraction of sp³-hybridized carbons (Fsp3) is 0.273. The average molecular weight is 414 g/mol. The van der Waals surface area contributed by atoms with Crippen LogP contribution in [0, 0.1) is 0 Å². The van der Waals surface area contributed by atoms with Gasteiger partial charge in [0, 0.05) is 17.3 Å². The number of rotatable bonds is 9. The SMILES string of the molecule is CCCCOc1ccc(OC)cc1NC(=O)c1cnn(Cc2ccccc2Cl)c1. The van der Waals surface area contributed by atoms with Crippen LogP contribution < -0.4 is 14.8 Å². The molecule has 1 amide bonds. The smallest absolute Gasteiger partial charge is 0.258 e. The van der Waals surface area contributed by atoms with Gasteiger partial charge in [-0.05, 0) is 30.2 Å². The van der Waals surface area contributed by atoms with Crippen LogP contribution in [0.3, 0.4) is 0 Å². The van der Waals surface area contributed by atoms with E-state index in [1.165, 1.54) is 6.20 Å². The van der Waals surface area contributed by atoms with E-state index in [-0.39, 0.29) is 5.91 Å². The van der Waals surface area contributed by atoms with Gasteiger partial charge in [-0.25, -0.2) is 0 Å². The summed E-state index contributed by atoms with van der Waals surface area (Å²) in [6, 6.07) is 12.9. The Hall–Kier alpha value is -2.99. The molecule has 29 heavy (non-hydrogen) atoms. The van der Waals surface area contributed by atoms with Gasteiger partial charge in [0.15, 0.2) is 0 Å². The molecule has 0 aliphatic heterocycles. The highest BCUT2D eigenvalue weighted by molar-refractivity contribution is 6.31. The topological polar surface area (TPSA) is 65.4 Å². The second-order valence-corrected chi connectivity index (χ2v) is 6.94. The first-order valence-corrected chi connectivity index (χ1v) is 9.86. The maximum Gasteiger partial charge on any atom is 0.258 e. The number of nitrogens with one attached hydrogen (secondary N) is 1. The van der Waals surface area contributed by atoms with Gasteiger partial charge in [-0.3, -0.25) is 9.48 Å². The summed E-state index contributed by atoms with van der Waals surface area (Å²) in [7, 11) is 1.58. The number of halogens is 1. The van der Waals surface area contributed by atoms with Gasteiger partial charge in [0.25, 0.3) is 5.91 Å². The normalized spacial score (nSPS) is 10.6. The zero-order valence-corrected chi connectivity index (χ0v) is 17.3. The molecule has 0 atom stereocenters. The van der Waals surface area contributed by atoms with Gasteiger partial charge in [0.1, 0.15) is 11.5 Å². The number of unbranched alkanes of at least 4 members (excludes halogenated alkanes) is 1. The molecular weight excluding hydrogens is 390 g/mol. The first-order chi connectivity index (χ1) is 14.1. The minimum absolute atomic E-state index is 0.274. The van der Waals surface area contributed by atoms with Crippen LogP contribution in [0.15, 0.2) is 54.9 Å². The number of methoxy groups -OCH3 is 1. The molecule has 0 bridgehead atoms. The first-order valence-electron chi connectivity index (χ1n) is 9.48. The van der Waals surface area contributed by atoms with Crippen LogP contribution in [0.4, 0.5) is 5.69 Å². The van der Waals surface area contributed by atoms with Gasteiger partial charge in [0.2, 0.25) is 0 Å². The minimum Gasteiger partial charge on any atom is -0.497 e. The predicted molar refractivity (Wildman–Crippen MR) is 114 cm³/mol. The molecule has 152 valence electrons. The number of nitrogens with zero attached hydrogens (tertiary/aromatic N) is 2. The van der Waals surface area contributed by atoms with Crippen molar-refractivity contribution in [2.24, 2.45) is 0 Å². The number of carbonyl (C=O) groups excluding carboxylic acids is 1. The van der Waals surface area contributed by atoms with Crippen molar-refractivity contribution in [1.82, 2.24) is 9.78 Å². The van der Waals surface area contributed by atoms with E-state index in [9.17, 15) is 4.79 Å². The lowest BCUT2D eigenvalue weighted by molar-refractivity contribution is 0.102. The third kappa shape index (κ3) is 5.51. The van der Waals surface area contributed by atoms with E-state index in [0.717, 1.165) is 18.4 Å². The number of anilines is 1. The molecule has 0 radical (unpaired) electrons. The molecule has 0 unspecified atom stereocenters. The van der Waals surface area contributed by atoms with Crippen LogP contribution in [0.1, 0.15) is 35.7 Å². The lowest BCUT2D eigenvalue weighted by atomic mass is 10.2. The lowest BCUT2D eigenvalue weighted by Gasteiger charge is -2.13. The summed E-state index contributed by atoms with van der Waals surface area (Å²) in [5, 5.41) is 7.83. The van der Waals surface area contributed by atoms with E-state index >= 15 is 0 Å². The van der Waals surface area contributed by atoms with E-state index in [4.69, 9.17) is 21.1 Å². The van der Waals surface area contributed by atoms with Crippen molar-refractivity contribution in [2.75, 3.05) is 19.0 Å². The average Bonchev–Trinajstić information content (AvgIpc) is 3.19. The predicted octanol–water partition coefficient (Wildman–Crippen LogP) is 5.02. The second kappa shape index (κ2) is 9.98. The van der Waals surface area contributed by atoms with Crippen LogP contribution >= 0.6 is 11.6 Å². The van der Waals surface area contributed by atoms with E-state index in [0.29, 0.717) is 40.9 Å². The molecule has 0 saturated heterocycles. The van der Waals surface area contributed by atoms with Crippen molar-refractivity contribution in [3.63, 3.8) is 0 Å². The minimum atomic E-state index is -0.274. The Bertz CT molecular complexity index is 971. The number of hydrogen-bond donors (Lipinski definition) is 1. The number of hydrogen-bond acceptors (Lipinski definition) is 4. The zero-order valence-electron chi connectivity index (χ0n) is 16.5. The Morgan fingerprint density at radius 2 is 2.07 bits per heavy atom. The number of benzene rings is 2. The fourth-order valence-electron chi connectivity index (χ4n) is 2.75. The molecule has 1 heterocycles. The maximum absolute atomic E-state index is 12.7. The van der Waals surface area contributed by atoms with E-state index in [2.05, 4.69) is 17.3 Å². The molecule has 3 aromatic rings. The first kappa shape index (κ1) is 20.7. The Morgan fingerprint density at radius 1 is 1.24 bits per heavy atom. The quantitative estimate of drug-likeness (QED) is 0.500. The molecular formula is C22H24ClN3O3. The highest BCUT2D eigenvalue weighted by atomic mass is 35.5. The highest BCUT2D eigenvalue weighted by Crippen LogP contribution is 2.30. The molecule has 0 aliphatic carbocycles. The van der Waals surface area contributed by atoms with Crippen molar-refractivity contribution >= 4 is 23.2 Å². The third-order valence-corrected chi connectivity index (χ3v) is 4.74. The summed E-state index contributed by atoms with van der Waals surface area (Å²) in [5.74, 6) is 0.970. The Labute approximate surface area is 175 Å². The number of amides is 1. The standard InChI is InChI=1S/C22H24ClN3O3/c1-3-4-11-29-21-10-9-18(28-2)12-20(21)25-22(27)17-13-24-26(15-17)14-16-7-5-6-8-19(16)23/h5-10,12-13,15H,3-4,11,14H2,1-2H3,(H,25,27). The molecule has 6 nitrogen and oxygen atoms in total. The third-order valence-electron chi connectivity index (χ3n) is 4.38. The van der Waals surface area contributed by atoms with Crippen LogP contribution in [-0.4, -0.2) is 29.4 Å². The Kier molecular flexibility index (Phi) is 7.14.